The SMILES string of the molecule is CCCCNc1cc(C(=O)O)cc(S(N)(=O)=O)c1OCC1CCCCN1. The van der Waals surface area contributed by atoms with Crippen molar-refractivity contribution >= 4 is 21.7 Å². The zero-order chi connectivity index (χ0) is 19.2. The van der Waals surface area contributed by atoms with Crippen LogP contribution in [-0.2, 0) is 10.0 Å². The lowest BCUT2D eigenvalue weighted by Crippen LogP contribution is -2.38. The van der Waals surface area contributed by atoms with E-state index in [1.54, 1.807) is 0 Å². The zero-order valence-electron chi connectivity index (χ0n) is 15.0. The summed E-state index contributed by atoms with van der Waals surface area (Å²) >= 11 is 0. The molecule has 5 N–H and O–H groups in total. The summed E-state index contributed by atoms with van der Waals surface area (Å²) in [6.07, 6.45) is 4.93. The maximum Gasteiger partial charge on any atom is 0.335 e. The molecule has 1 aromatic rings. The largest absolute Gasteiger partial charge is 0.488 e. The zero-order valence-corrected chi connectivity index (χ0v) is 15.8. The van der Waals surface area contributed by atoms with Crippen molar-refractivity contribution in [2.75, 3.05) is 25.0 Å². The number of aromatic carboxylic acids is 1. The molecule has 1 atom stereocenters. The number of carboxylic acid groups (broad SMARTS) is 1. The summed E-state index contributed by atoms with van der Waals surface area (Å²) in [6.45, 7) is 3.78. The molecule has 146 valence electrons. The number of hydrogen-bond donors (Lipinski definition) is 4. The fourth-order valence-electron chi connectivity index (χ4n) is 2.87. The molecule has 0 amide bonds. The van der Waals surface area contributed by atoms with Crippen LogP contribution < -0.4 is 20.5 Å². The summed E-state index contributed by atoms with van der Waals surface area (Å²) in [4.78, 5) is 11.1. The lowest BCUT2D eigenvalue weighted by Gasteiger charge is -2.25. The number of nitrogens with one attached hydrogen (secondary N) is 2. The van der Waals surface area contributed by atoms with Crippen LogP contribution >= 0.6 is 0 Å². The minimum Gasteiger partial charge on any atom is -0.488 e. The number of carbonyl (C=O) groups is 1. The third-order valence-corrected chi connectivity index (χ3v) is 5.21. The number of hydrogen-bond acceptors (Lipinski definition) is 6. The van der Waals surface area contributed by atoms with Crippen molar-refractivity contribution in [2.45, 2.75) is 50.0 Å². The van der Waals surface area contributed by atoms with Gasteiger partial charge in [-0.05, 0) is 37.9 Å². The number of anilines is 1. The first kappa shape index (κ1) is 20.5. The normalized spacial score (nSPS) is 17.7. The van der Waals surface area contributed by atoms with Crippen molar-refractivity contribution < 1.29 is 23.1 Å². The minimum absolute atomic E-state index is 0.0842. The molecule has 0 radical (unpaired) electrons. The molecule has 26 heavy (non-hydrogen) atoms. The second kappa shape index (κ2) is 9.20. The Labute approximate surface area is 154 Å². The highest BCUT2D eigenvalue weighted by atomic mass is 32.2. The molecule has 9 heteroatoms. The van der Waals surface area contributed by atoms with E-state index in [9.17, 15) is 18.3 Å². The van der Waals surface area contributed by atoms with Crippen LogP contribution in [0.1, 0.15) is 49.4 Å². The minimum atomic E-state index is -4.14. The molecule has 1 saturated heterocycles. The van der Waals surface area contributed by atoms with Gasteiger partial charge in [0.25, 0.3) is 0 Å². The van der Waals surface area contributed by atoms with E-state index in [2.05, 4.69) is 10.6 Å². The number of sulfonamides is 1. The van der Waals surface area contributed by atoms with Crippen LogP contribution in [0.15, 0.2) is 17.0 Å². The Morgan fingerprint density at radius 3 is 2.77 bits per heavy atom. The Kier molecular flexibility index (Phi) is 7.24. The molecule has 0 bridgehead atoms. The number of primary sulfonamides is 1. The molecule has 1 fully saturated rings. The van der Waals surface area contributed by atoms with Gasteiger partial charge >= 0.3 is 5.97 Å². The molecule has 1 aliphatic heterocycles. The second-order valence-electron chi connectivity index (χ2n) is 6.44. The summed E-state index contributed by atoms with van der Waals surface area (Å²) in [6, 6.07) is 2.56. The smallest absolute Gasteiger partial charge is 0.335 e. The molecule has 1 heterocycles. The average molecular weight is 385 g/mol. The van der Waals surface area contributed by atoms with Crippen molar-refractivity contribution in [2.24, 2.45) is 5.14 Å². The van der Waals surface area contributed by atoms with Gasteiger partial charge in [0, 0.05) is 12.6 Å². The van der Waals surface area contributed by atoms with Gasteiger partial charge in [-0.15, -0.1) is 0 Å². The Balaban J connectivity index is 2.36. The highest BCUT2D eigenvalue weighted by molar-refractivity contribution is 7.89. The van der Waals surface area contributed by atoms with E-state index in [1.807, 2.05) is 6.92 Å². The van der Waals surface area contributed by atoms with Crippen LogP contribution in [0.4, 0.5) is 5.69 Å². The monoisotopic (exact) mass is 385 g/mol. The van der Waals surface area contributed by atoms with E-state index in [-0.39, 0.29) is 28.9 Å². The molecule has 1 aliphatic rings. The summed E-state index contributed by atoms with van der Waals surface area (Å²) in [5.74, 6) is -1.14. The number of nitrogens with two attached hydrogens (primary N) is 1. The van der Waals surface area contributed by atoms with Gasteiger partial charge in [0.05, 0.1) is 11.3 Å². The lowest BCUT2D eigenvalue weighted by atomic mass is 10.1. The molecule has 2 rings (SSSR count). The molecule has 1 unspecified atom stereocenters. The van der Waals surface area contributed by atoms with Gasteiger partial charge in [-0.2, -0.15) is 0 Å². The quantitative estimate of drug-likeness (QED) is 0.476. The first-order valence-electron chi connectivity index (χ1n) is 8.87. The summed E-state index contributed by atoms with van der Waals surface area (Å²) in [5.41, 5.74) is 0.175. The Morgan fingerprint density at radius 2 is 2.19 bits per heavy atom. The van der Waals surface area contributed by atoms with Gasteiger partial charge in [-0.3, -0.25) is 0 Å². The van der Waals surface area contributed by atoms with Gasteiger partial charge in [0.1, 0.15) is 11.5 Å². The van der Waals surface area contributed by atoms with E-state index >= 15 is 0 Å². The Morgan fingerprint density at radius 1 is 1.42 bits per heavy atom. The molecular formula is C17H27N3O5S. The number of piperidine rings is 1. The molecule has 0 saturated carbocycles. The number of carboxylic acids is 1. The predicted octanol–water partition coefficient (Wildman–Crippen LogP) is 1.77. The van der Waals surface area contributed by atoms with Crippen LogP contribution in [0.3, 0.4) is 0 Å². The van der Waals surface area contributed by atoms with Crippen molar-refractivity contribution in [3.63, 3.8) is 0 Å². The van der Waals surface area contributed by atoms with Gasteiger partial charge in [0.2, 0.25) is 10.0 Å². The first-order chi connectivity index (χ1) is 12.3. The third-order valence-electron chi connectivity index (χ3n) is 4.30. The number of ether oxygens (including phenoxy) is 1. The Bertz CT molecular complexity index is 730. The van der Waals surface area contributed by atoms with Gasteiger partial charge in [0.15, 0.2) is 5.75 Å². The van der Waals surface area contributed by atoms with Crippen molar-refractivity contribution in [3.05, 3.63) is 17.7 Å². The predicted molar refractivity (Wildman–Crippen MR) is 99.3 cm³/mol. The molecule has 1 aromatic carbocycles. The number of benzene rings is 1. The van der Waals surface area contributed by atoms with E-state index in [0.717, 1.165) is 44.7 Å². The summed E-state index contributed by atoms with van der Waals surface area (Å²) < 4.78 is 29.9. The van der Waals surface area contributed by atoms with Crippen LogP contribution in [0.5, 0.6) is 5.75 Å². The van der Waals surface area contributed by atoms with E-state index in [1.165, 1.54) is 6.07 Å². The maximum absolute atomic E-state index is 12.0. The molecular weight excluding hydrogens is 358 g/mol. The number of rotatable bonds is 9. The van der Waals surface area contributed by atoms with Crippen molar-refractivity contribution in [3.8, 4) is 5.75 Å². The molecule has 0 aromatic heterocycles. The highest BCUT2D eigenvalue weighted by Gasteiger charge is 2.24. The first-order valence-corrected chi connectivity index (χ1v) is 10.4. The third kappa shape index (κ3) is 5.58. The van der Waals surface area contributed by atoms with Crippen molar-refractivity contribution in [1.29, 1.82) is 0 Å². The second-order valence-corrected chi connectivity index (χ2v) is 7.97. The summed E-state index contributed by atoms with van der Waals surface area (Å²) in [7, 11) is -4.14. The van der Waals surface area contributed by atoms with E-state index < -0.39 is 16.0 Å². The highest BCUT2D eigenvalue weighted by Crippen LogP contribution is 2.34. The fourth-order valence-corrected chi connectivity index (χ4v) is 3.59. The van der Waals surface area contributed by atoms with Crippen LogP contribution in [0.25, 0.3) is 0 Å². The maximum atomic E-state index is 12.0. The topological polar surface area (TPSA) is 131 Å². The Hall–Kier alpha value is -1.84. The lowest BCUT2D eigenvalue weighted by molar-refractivity contribution is 0.0696. The van der Waals surface area contributed by atoms with E-state index in [4.69, 9.17) is 9.88 Å². The molecule has 8 nitrogen and oxygen atoms in total. The fraction of sp³-hybridized carbons (Fsp3) is 0.588. The standard InChI is InChI=1S/C17H27N3O5S/c1-2-3-7-20-14-9-12(17(21)22)10-15(26(18,23)24)16(14)25-11-13-6-4-5-8-19-13/h9-10,13,19-20H,2-8,11H2,1H3,(H,21,22)(H2,18,23,24). The van der Waals surface area contributed by atoms with Gasteiger partial charge < -0.3 is 20.5 Å². The van der Waals surface area contributed by atoms with Gasteiger partial charge in [-0.25, -0.2) is 18.4 Å². The number of unbranched alkanes of at least 4 members (excludes halogenated alkanes) is 1. The molecule has 0 spiro atoms. The van der Waals surface area contributed by atoms with Crippen molar-refractivity contribution in [1.82, 2.24) is 5.32 Å². The van der Waals surface area contributed by atoms with Crippen LogP contribution in [0, 0.1) is 0 Å². The van der Waals surface area contributed by atoms with E-state index in [0.29, 0.717) is 12.2 Å². The van der Waals surface area contributed by atoms with Gasteiger partial charge in [-0.1, -0.05) is 19.8 Å². The van der Waals surface area contributed by atoms with Crippen LogP contribution in [0.2, 0.25) is 0 Å². The average Bonchev–Trinajstić information content (AvgIpc) is 2.60. The molecule has 0 aliphatic carbocycles. The summed E-state index contributed by atoms with van der Waals surface area (Å²) in [5, 5.41) is 21.0. The van der Waals surface area contributed by atoms with Crippen LogP contribution in [-0.4, -0.2) is 45.2 Å².